The second-order valence-corrected chi connectivity index (χ2v) is 9.19. The number of nitrogens with zero attached hydrogens (tertiary/aromatic N) is 4. The lowest BCUT2D eigenvalue weighted by Crippen LogP contribution is -2.06. The first-order valence-corrected chi connectivity index (χ1v) is 11.9. The van der Waals surface area contributed by atoms with Crippen LogP contribution in [0.5, 0.6) is 0 Å². The summed E-state index contributed by atoms with van der Waals surface area (Å²) in [4.78, 5) is 13.7. The van der Waals surface area contributed by atoms with E-state index in [0.717, 1.165) is 35.6 Å². The van der Waals surface area contributed by atoms with Gasteiger partial charge in [-0.1, -0.05) is 11.6 Å². The lowest BCUT2D eigenvalue weighted by Gasteiger charge is -2.15. The number of imidazole rings is 1. The molecule has 2 aliphatic rings. The summed E-state index contributed by atoms with van der Waals surface area (Å²) >= 11 is 0. The highest BCUT2D eigenvalue weighted by molar-refractivity contribution is 7.84. The van der Waals surface area contributed by atoms with Crippen molar-refractivity contribution in [2.75, 3.05) is 6.26 Å². The Bertz CT molecular complexity index is 1140. The number of rotatable bonds is 4. The third-order valence-corrected chi connectivity index (χ3v) is 6.62. The van der Waals surface area contributed by atoms with E-state index in [9.17, 15) is 8.60 Å². The van der Waals surface area contributed by atoms with Crippen LogP contribution < -0.4 is 0 Å². The minimum absolute atomic E-state index is 0.232. The Morgan fingerprint density at radius 1 is 1.10 bits per heavy atom. The molecule has 0 saturated heterocycles. The quantitative estimate of drug-likeness (QED) is 0.444. The van der Waals surface area contributed by atoms with Crippen molar-refractivity contribution in [3.05, 3.63) is 59.8 Å². The third-order valence-electron chi connectivity index (χ3n) is 5.90. The van der Waals surface area contributed by atoms with Crippen molar-refractivity contribution < 1.29 is 8.60 Å². The number of allylic oxidation sites excluding steroid dienone is 2. The van der Waals surface area contributed by atoms with Gasteiger partial charge in [-0.05, 0) is 62.4 Å². The zero-order valence-electron chi connectivity index (χ0n) is 16.8. The Balaban J connectivity index is 1.70. The summed E-state index contributed by atoms with van der Waals surface area (Å²) in [6.07, 6.45) is 12.4. The number of fused-ring (bicyclic) bond motifs is 1. The van der Waals surface area contributed by atoms with Crippen molar-refractivity contribution in [3.8, 4) is 22.6 Å². The van der Waals surface area contributed by atoms with Gasteiger partial charge in [-0.15, -0.1) is 0 Å². The van der Waals surface area contributed by atoms with E-state index in [1.165, 1.54) is 43.4 Å². The van der Waals surface area contributed by atoms with Gasteiger partial charge in [-0.25, -0.2) is 19.3 Å². The molecule has 0 amide bonds. The van der Waals surface area contributed by atoms with Gasteiger partial charge in [0.15, 0.2) is 0 Å². The van der Waals surface area contributed by atoms with Crippen LogP contribution in [0.1, 0.15) is 44.0 Å². The standard InChI is InChI=1S/C23H23FN4OS/c1-30(29)23-25-13-12-19(26-23)22-21(16-6-8-17(24)9-7-16)27-20-11-10-18(28(20)22)14-15-4-2-3-5-15/h6-9,12-14,18H,2-5,10-11H2,1H3. The molecule has 1 aliphatic heterocycles. The lowest BCUT2D eigenvalue weighted by atomic mass is 10.1. The number of hydrogen-bond acceptors (Lipinski definition) is 4. The molecule has 1 saturated carbocycles. The predicted octanol–water partition coefficient (Wildman–Crippen LogP) is 4.87. The fourth-order valence-electron chi connectivity index (χ4n) is 4.51. The Hall–Kier alpha value is -2.67. The third kappa shape index (κ3) is 3.51. The van der Waals surface area contributed by atoms with Crippen LogP contribution in [0.2, 0.25) is 0 Å². The van der Waals surface area contributed by atoms with Gasteiger partial charge in [-0.2, -0.15) is 0 Å². The number of hydrogen-bond donors (Lipinski definition) is 0. The smallest absolute Gasteiger partial charge is 0.218 e. The summed E-state index contributed by atoms with van der Waals surface area (Å²) in [6.45, 7) is 0. The molecule has 2 atom stereocenters. The molecule has 1 aromatic carbocycles. The van der Waals surface area contributed by atoms with Crippen LogP contribution >= 0.6 is 0 Å². The van der Waals surface area contributed by atoms with Crippen molar-refractivity contribution in [2.24, 2.45) is 0 Å². The fourth-order valence-corrected chi connectivity index (χ4v) is 4.95. The number of aryl methyl sites for hydroxylation is 1. The molecule has 2 unspecified atom stereocenters. The predicted molar refractivity (Wildman–Crippen MR) is 115 cm³/mol. The molecule has 0 bridgehead atoms. The van der Waals surface area contributed by atoms with Crippen molar-refractivity contribution in [2.45, 2.75) is 49.7 Å². The highest BCUT2D eigenvalue weighted by Crippen LogP contribution is 2.41. The van der Waals surface area contributed by atoms with Crippen molar-refractivity contribution in [3.63, 3.8) is 0 Å². The summed E-state index contributed by atoms with van der Waals surface area (Å²) < 4.78 is 27.8. The van der Waals surface area contributed by atoms with Crippen LogP contribution in [0, 0.1) is 5.82 Å². The molecule has 0 spiro atoms. The van der Waals surface area contributed by atoms with Crippen molar-refractivity contribution >= 4 is 10.8 Å². The molecule has 7 heteroatoms. The van der Waals surface area contributed by atoms with Gasteiger partial charge in [0.1, 0.15) is 11.6 Å². The summed E-state index contributed by atoms with van der Waals surface area (Å²) in [6, 6.07) is 8.48. The molecule has 5 nitrogen and oxygen atoms in total. The molecule has 154 valence electrons. The lowest BCUT2D eigenvalue weighted by molar-refractivity contribution is 0.628. The highest BCUT2D eigenvalue weighted by atomic mass is 32.2. The molecule has 1 fully saturated rings. The first-order chi connectivity index (χ1) is 14.6. The molecule has 2 aromatic heterocycles. The fraction of sp³-hybridized carbons (Fsp3) is 0.348. The Kier molecular flexibility index (Phi) is 5.06. The maximum atomic E-state index is 13.5. The van der Waals surface area contributed by atoms with Gasteiger partial charge in [0.2, 0.25) is 5.16 Å². The summed E-state index contributed by atoms with van der Waals surface area (Å²) in [7, 11) is -1.28. The van der Waals surface area contributed by atoms with Gasteiger partial charge in [0, 0.05) is 24.4 Å². The second kappa shape index (κ2) is 7.87. The summed E-state index contributed by atoms with van der Waals surface area (Å²) in [5.41, 5.74) is 4.74. The second-order valence-electron chi connectivity index (χ2n) is 7.92. The largest absolute Gasteiger partial charge is 0.319 e. The molecule has 3 aromatic rings. The molecule has 30 heavy (non-hydrogen) atoms. The zero-order valence-corrected chi connectivity index (χ0v) is 17.7. The van der Waals surface area contributed by atoms with E-state index in [1.807, 2.05) is 6.07 Å². The number of benzene rings is 1. The van der Waals surface area contributed by atoms with E-state index < -0.39 is 10.8 Å². The molecule has 1 aliphatic carbocycles. The van der Waals surface area contributed by atoms with Crippen LogP contribution in [0.3, 0.4) is 0 Å². The van der Waals surface area contributed by atoms with E-state index >= 15 is 0 Å². The summed E-state index contributed by atoms with van der Waals surface area (Å²) in [5.74, 6) is 0.739. The number of aromatic nitrogens is 4. The maximum Gasteiger partial charge on any atom is 0.218 e. The van der Waals surface area contributed by atoms with Crippen LogP contribution in [0.25, 0.3) is 22.6 Å². The van der Waals surface area contributed by atoms with Crippen LogP contribution in [-0.2, 0) is 17.2 Å². The van der Waals surface area contributed by atoms with Gasteiger partial charge in [0.25, 0.3) is 0 Å². The maximum absolute atomic E-state index is 13.5. The van der Waals surface area contributed by atoms with Gasteiger partial charge >= 0.3 is 0 Å². The monoisotopic (exact) mass is 422 g/mol. The van der Waals surface area contributed by atoms with Gasteiger partial charge in [-0.3, -0.25) is 4.21 Å². The topological polar surface area (TPSA) is 60.7 Å². The van der Waals surface area contributed by atoms with E-state index in [1.54, 1.807) is 24.6 Å². The van der Waals surface area contributed by atoms with Gasteiger partial charge in [0.05, 0.1) is 33.9 Å². The highest BCUT2D eigenvalue weighted by Gasteiger charge is 2.30. The van der Waals surface area contributed by atoms with E-state index in [4.69, 9.17) is 4.98 Å². The molecular weight excluding hydrogens is 399 g/mol. The SMILES string of the molecule is CS(=O)c1nccc(-c2c(-c3ccc(F)cc3)nc3n2C(C=C2CCCC2)CC3)n1. The zero-order chi connectivity index (χ0) is 20.7. The first kappa shape index (κ1) is 19.3. The van der Waals surface area contributed by atoms with Gasteiger partial charge < -0.3 is 4.57 Å². The molecule has 0 radical (unpaired) electrons. The Morgan fingerprint density at radius 2 is 1.87 bits per heavy atom. The van der Waals surface area contributed by atoms with Crippen molar-refractivity contribution in [1.82, 2.24) is 19.5 Å². The van der Waals surface area contributed by atoms with Crippen LogP contribution in [-0.4, -0.2) is 30.0 Å². The van der Waals surface area contributed by atoms with Crippen LogP contribution in [0.15, 0.2) is 53.3 Å². The molecule has 3 heterocycles. The van der Waals surface area contributed by atoms with Crippen molar-refractivity contribution in [1.29, 1.82) is 0 Å². The molecule has 0 N–H and O–H groups in total. The molecular formula is C23H23FN4OS. The normalized spacial score (nSPS) is 19.1. The minimum Gasteiger partial charge on any atom is -0.319 e. The Labute approximate surface area is 177 Å². The minimum atomic E-state index is -1.28. The molecule has 5 rings (SSSR count). The average molecular weight is 423 g/mol. The van der Waals surface area contributed by atoms with E-state index in [0.29, 0.717) is 10.9 Å². The van der Waals surface area contributed by atoms with E-state index in [-0.39, 0.29) is 11.9 Å². The Morgan fingerprint density at radius 3 is 2.60 bits per heavy atom. The average Bonchev–Trinajstić information content (AvgIpc) is 3.47. The summed E-state index contributed by atoms with van der Waals surface area (Å²) in [5, 5.41) is 0.303. The number of halogens is 1. The van der Waals surface area contributed by atoms with Crippen LogP contribution in [0.4, 0.5) is 4.39 Å². The van der Waals surface area contributed by atoms with E-state index in [2.05, 4.69) is 20.6 Å². The first-order valence-electron chi connectivity index (χ1n) is 10.3.